The highest BCUT2D eigenvalue weighted by Gasteiger charge is 2.68. The molecule has 1 saturated carbocycles. The Bertz CT molecular complexity index is 168. The van der Waals surface area contributed by atoms with Crippen LogP contribution in [-0.4, -0.2) is 12.5 Å². The van der Waals surface area contributed by atoms with Crippen LogP contribution >= 0.6 is 0 Å². The number of hydrogen-bond acceptors (Lipinski definition) is 1. The van der Waals surface area contributed by atoms with Crippen molar-refractivity contribution < 1.29 is 4.79 Å². The molecule has 1 aliphatic carbocycles. The fourth-order valence-corrected chi connectivity index (χ4v) is 1.96. The third-order valence-electron chi connectivity index (χ3n) is 3.23. The van der Waals surface area contributed by atoms with E-state index < -0.39 is 0 Å². The van der Waals surface area contributed by atoms with Gasteiger partial charge in [0.1, 0.15) is 0 Å². The van der Waals surface area contributed by atoms with E-state index in [1.165, 1.54) is 0 Å². The summed E-state index contributed by atoms with van der Waals surface area (Å²) in [4.78, 5) is 10.9. The molecule has 2 rings (SSSR count). The van der Waals surface area contributed by atoms with Crippen LogP contribution < -0.4 is 5.32 Å². The van der Waals surface area contributed by atoms with Gasteiger partial charge in [0.05, 0.1) is 5.41 Å². The van der Waals surface area contributed by atoms with Crippen molar-refractivity contribution in [1.29, 1.82) is 0 Å². The lowest BCUT2D eigenvalue weighted by atomic mass is 9.94. The third kappa shape index (κ3) is 0.345. The fraction of sp³-hybridized carbons (Fsp3) is 0.857. The molecule has 2 nitrogen and oxygen atoms in total. The van der Waals surface area contributed by atoms with E-state index in [1.54, 1.807) is 0 Å². The Kier molecular flexibility index (Phi) is 0.675. The van der Waals surface area contributed by atoms with Gasteiger partial charge in [-0.2, -0.15) is 0 Å². The minimum absolute atomic E-state index is 0.0972. The molecule has 50 valence electrons. The second kappa shape index (κ2) is 1.15. The van der Waals surface area contributed by atoms with Crippen LogP contribution in [0.4, 0.5) is 0 Å². The molecule has 2 atom stereocenters. The first-order valence-corrected chi connectivity index (χ1v) is 3.48. The zero-order valence-corrected chi connectivity index (χ0v) is 5.77. The Labute approximate surface area is 54.6 Å². The highest BCUT2D eigenvalue weighted by Crippen LogP contribution is 2.61. The lowest BCUT2D eigenvalue weighted by Crippen LogP contribution is -2.52. The number of rotatable bonds is 0. The zero-order chi connectivity index (χ0) is 6.65. The molecule has 2 aliphatic rings. The normalized spacial score (nSPS) is 54.7. The van der Waals surface area contributed by atoms with Crippen LogP contribution in [0.5, 0.6) is 0 Å². The summed E-state index contributed by atoms with van der Waals surface area (Å²) < 4.78 is 0. The standard InChI is InChI=1S/C7H11NO/c1-4-5(2)7(4)3-8-6(7)9/h4-5H,3H2,1-2H3,(H,8,9). The highest BCUT2D eigenvalue weighted by molar-refractivity contribution is 5.92. The Morgan fingerprint density at radius 1 is 1.56 bits per heavy atom. The van der Waals surface area contributed by atoms with Crippen molar-refractivity contribution in [3.8, 4) is 0 Å². The highest BCUT2D eigenvalue weighted by atomic mass is 16.2. The number of amides is 1. The molecular formula is C7H11NO. The van der Waals surface area contributed by atoms with E-state index in [2.05, 4.69) is 19.2 Å². The Morgan fingerprint density at radius 2 is 2.11 bits per heavy atom. The second-order valence-corrected chi connectivity index (χ2v) is 3.30. The van der Waals surface area contributed by atoms with Gasteiger partial charge in [0.25, 0.3) is 0 Å². The number of β-lactam (4-membered cyclic amide) rings is 1. The molecule has 2 fully saturated rings. The quantitative estimate of drug-likeness (QED) is 0.466. The molecule has 0 aromatic heterocycles. The summed E-state index contributed by atoms with van der Waals surface area (Å²) in [6.07, 6.45) is 0. The average molecular weight is 125 g/mol. The molecule has 1 saturated heterocycles. The van der Waals surface area contributed by atoms with E-state index >= 15 is 0 Å². The van der Waals surface area contributed by atoms with Crippen molar-refractivity contribution in [2.24, 2.45) is 17.3 Å². The maximum absolute atomic E-state index is 10.9. The summed E-state index contributed by atoms with van der Waals surface area (Å²) in [5.41, 5.74) is 0.0972. The summed E-state index contributed by atoms with van der Waals surface area (Å²) in [7, 11) is 0. The van der Waals surface area contributed by atoms with E-state index in [0.717, 1.165) is 6.54 Å². The van der Waals surface area contributed by atoms with Gasteiger partial charge in [-0.05, 0) is 11.8 Å². The van der Waals surface area contributed by atoms with Crippen LogP contribution in [0.25, 0.3) is 0 Å². The number of carbonyl (C=O) groups excluding carboxylic acids is 1. The minimum Gasteiger partial charge on any atom is -0.354 e. The topological polar surface area (TPSA) is 29.1 Å². The second-order valence-electron chi connectivity index (χ2n) is 3.30. The first-order chi connectivity index (χ1) is 4.19. The zero-order valence-electron chi connectivity index (χ0n) is 5.77. The van der Waals surface area contributed by atoms with E-state index in [-0.39, 0.29) is 11.3 Å². The third-order valence-corrected chi connectivity index (χ3v) is 3.23. The fourth-order valence-electron chi connectivity index (χ4n) is 1.96. The molecule has 1 aliphatic heterocycles. The largest absolute Gasteiger partial charge is 0.354 e. The molecule has 0 aromatic rings. The van der Waals surface area contributed by atoms with Gasteiger partial charge >= 0.3 is 0 Å². The summed E-state index contributed by atoms with van der Waals surface area (Å²) in [5.74, 6) is 1.54. The molecule has 2 unspecified atom stereocenters. The molecule has 1 spiro atoms. The van der Waals surface area contributed by atoms with Crippen molar-refractivity contribution >= 4 is 5.91 Å². The smallest absolute Gasteiger partial charge is 0.228 e. The molecule has 1 amide bonds. The number of hydrogen-bond donors (Lipinski definition) is 1. The van der Waals surface area contributed by atoms with Crippen LogP contribution in [0.3, 0.4) is 0 Å². The van der Waals surface area contributed by atoms with Crippen molar-refractivity contribution in [3.05, 3.63) is 0 Å². The monoisotopic (exact) mass is 125 g/mol. The van der Waals surface area contributed by atoms with E-state index in [1.807, 2.05) is 0 Å². The lowest BCUT2D eigenvalue weighted by Gasteiger charge is -2.27. The van der Waals surface area contributed by atoms with E-state index in [9.17, 15) is 4.79 Å². The molecule has 0 bridgehead atoms. The predicted molar refractivity (Wildman–Crippen MR) is 33.8 cm³/mol. The first-order valence-electron chi connectivity index (χ1n) is 3.48. The lowest BCUT2D eigenvalue weighted by molar-refractivity contribution is -0.134. The van der Waals surface area contributed by atoms with Crippen LogP contribution in [0, 0.1) is 17.3 Å². The van der Waals surface area contributed by atoms with E-state index in [4.69, 9.17) is 0 Å². The summed E-state index contributed by atoms with van der Waals surface area (Å²) >= 11 is 0. The van der Waals surface area contributed by atoms with Crippen molar-refractivity contribution in [3.63, 3.8) is 0 Å². The molecule has 1 heterocycles. The van der Waals surface area contributed by atoms with Crippen LogP contribution in [0.1, 0.15) is 13.8 Å². The predicted octanol–water partition coefficient (Wildman–Crippen LogP) is 0.388. The number of carbonyl (C=O) groups is 1. The van der Waals surface area contributed by atoms with Gasteiger partial charge in [-0.25, -0.2) is 0 Å². The van der Waals surface area contributed by atoms with Crippen LogP contribution in [-0.2, 0) is 4.79 Å². The first kappa shape index (κ1) is 5.27. The van der Waals surface area contributed by atoms with Crippen molar-refractivity contribution in [2.75, 3.05) is 6.54 Å². The van der Waals surface area contributed by atoms with Gasteiger partial charge in [0, 0.05) is 6.54 Å². The van der Waals surface area contributed by atoms with Crippen LogP contribution in [0.15, 0.2) is 0 Å². The summed E-state index contributed by atoms with van der Waals surface area (Å²) in [5, 5.41) is 2.78. The van der Waals surface area contributed by atoms with Gasteiger partial charge < -0.3 is 5.32 Å². The maximum Gasteiger partial charge on any atom is 0.228 e. The SMILES string of the molecule is CC1C(C)C12CNC2=O. The summed E-state index contributed by atoms with van der Waals surface area (Å²) in [6.45, 7) is 5.24. The van der Waals surface area contributed by atoms with Gasteiger partial charge in [0.15, 0.2) is 0 Å². The summed E-state index contributed by atoms with van der Waals surface area (Å²) in [6, 6.07) is 0. The van der Waals surface area contributed by atoms with Crippen LogP contribution in [0.2, 0.25) is 0 Å². The van der Waals surface area contributed by atoms with Crippen molar-refractivity contribution in [2.45, 2.75) is 13.8 Å². The van der Waals surface area contributed by atoms with Gasteiger partial charge in [-0.15, -0.1) is 0 Å². The Hall–Kier alpha value is -0.530. The molecule has 1 N–H and O–H groups in total. The van der Waals surface area contributed by atoms with Crippen molar-refractivity contribution in [1.82, 2.24) is 5.32 Å². The molecule has 9 heavy (non-hydrogen) atoms. The molecule has 2 heteroatoms. The minimum atomic E-state index is 0.0972. The number of nitrogens with one attached hydrogen (secondary N) is 1. The Morgan fingerprint density at radius 3 is 2.11 bits per heavy atom. The van der Waals surface area contributed by atoms with E-state index in [0.29, 0.717) is 11.8 Å². The molecule has 0 radical (unpaired) electrons. The molecular weight excluding hydrogens is 114 g/mol. The maximum atomic E-state index is 10.9. The van der Waals surface area contributed by atoms with Gasteiger partial charge in [0.2, 0.25) is 5.91 Å². The average Bonchev–Trinajstić information content (AvgIpc) is 2.36. The van der Waals surface area contributed by atoms with Gasteiger partial charge in [-0.3, -0.25) is 4.79 Å². The Balaban J connectivity index is 2.21. The van der Waals surface area contributed by atoms with Gasteiger partial charge in [-0.1, -0.05) is 13.8 Å². The molecule has 0 aromatic carbocycles.